The number of aliphatic hydroxyl groups excluding tert-OH is 1. The van der Waals surface area contributed by atoms with E-state index in [0.29, 0.717) is 9.36 Å². The molecular weight excluding hydrogens is 1050 g/mol. The van der Waals surface area contributed by atoms with Gasteiger partial charge in [0.1, 0.15) is 34.1 Å². The second-order valence-corrected chi connectivity index (χ2v) is 15.2. The molecule has 374 valence electrons. The number of benzene rings is 4. The van der Waals surface area contributed by atoms with E-state index >= 15 is 0 Å². The number of carbonyl (C=O) groups is 2. The van der Waals surface area contributed by atoms with E-state index in [1.165, 1.54) is 79.8 Å². The smallest absolute Gasteiger partial charge is 0.434 e. The highest BCUT2D eigenvalue weighted by Gasteiger charge is 2.43. The molecule has 8 aromatic rings. The van der Waals surface area contributed by atoms with Crippen LogP contribution in [0.4, 0.5) is 35.1 Å². The predicted octanol–water partition coefficient (Wildman–Crippen LogP) is 11.8. The van der Waals surface area contributed by atoms with Gasteiger partial charge in [-0.2, -0.15) is 36.5 Å². The predicted molar refractivity (Wildman–Crippen MR) is 244 cm³/mol. The quantitative estimate of drug-likeness (QED) is 0.0790. The summed E-state index contributed by atoms with van der Waals surface area (Å²) in [6, 6.07) is 18.4. The number of amides is 1. The van der Waals surface area contributed by atoms with E-state index in [9.17, 15) is 49.8 Å². The van der Waals surface area contributed by atoms with Crippen molar-refractivity contribution in [2.24, 2.45) is 0 Å². The Kier molecular flexibility index (Phi) is 18.1. The summed E-state index contributed by atoms with van der Waals surface area (Å²) in [4.78, 5) is 28.9. The van der Waals surface area contributed by atoms with Crippen LogP contribution in [0.25, 0.3) is 56.5 Å². The summed E-state index contributed by atoms with van der Waals surface area (Å²) in [6.07, 6.45) is -8.24. The van der Waals surface area contributed by atoms with Gasteiger partial charge in [0.05, 0.1) is 63.2 Å². The molecule has 1 amide bonds. The van der Waals surface area contributed by atoms with Gasteiger partial charge in [-0.3, -0.25) is 4.79 Å². The van der Waals surface area contributed by atoms with Crippen LogP contribution in [0, 0.1) is 11.6 Å². The maximum Gasteiger partial charge on any atom is 0.434 e. The van der Waals surface area contributed by atoms with Crippen molar-refractivity contribution in [2.45, 2.75) is 12.4 Å². The Balaban J connectivity index is 0.000000238. The second kappa shape index (κ2) is 23.4. The summed E-state index contributed by atoms with van der Waals surface area (Å²) in [5, 5.41) is 33.8. The van der Waals surface area contributed by atoms with E-state index in [4.69, 9.17) is 60.6 Å². The van der Waals surface area contributed by atoms with Crippen molar-refractivity contribution in [3.63, 3.8) is 0 Å². The van der Waals surface area contributed by atoms with Crippen LogP contribution in [0.1, 0.15) is 32.1 Å². The Morgan fingerprint density at radius 2 is 1.03 bits per heavy atom. The minimum Gasteiger partial charge on any atom is -0.477 e. The fourth-order valence-corrected chi connectivity index (χ4v) is 7.33. The Morgan fingerprint density at radius 3 is 1.37 bits per heavy atom. The van der Waals surface area contributed by atoms with Gasteiger partial charge in [-0.15, -0.1) is 0 Å². The largest absolute Gasteiger partial charge is 0.477 e. The van der Waals surface area contributed by atoms with E-state index in [2.05, 4.69) is 36.1 Å². The van der Waals surface area contributed by atoms with E-state index in [1.807, 2.05) is 0 Å². The summed E-state index contributed by atoms with van der Waals surface area (Å²) in [5.74, 6) is -5.62. The number of nitrogens with one attached hydrogen (secondary N) is 2. The van der Waals surface area contributed by atoms with Crippen LogP contribution in [0.3, 0.4) is 0 Å². The van der Waals surface area contributed by atoms with E-state index in [1.54, 1.807) is 14.2 Å². The van der Waals surface area contributed by atoms with Gasteiger partial charge in [-0.05, 0) is 60.7 Å². The monoisotopic (exact) mass is 1080 g/mol. The molecule has 0 unspecified atom stereocenters. The van der Waals surface area contributed by atoms with Crippen molar-refractivity contribution < 1.29 is 68.8 Å². The van der Waals surface area contributed by atoms with Crippen LogP contribution in [0.15, 0.2) is 106 Å². The molecule has 0 aliphatic rings. The normalized spacial score (nSPS) is 11.2. The van der Waals surface area contributed by atoms with Crippen LogP contribution in [0.2, 0.25) is 20.1 Å². The van der Waals surface area contributed by atoms with Gasteiger partial charge in [0.25, 0.3) is 5.91 Å². The van der Waals surface area contributed by atoms with Crippen LogP contribution < -0.4 is 10.8 Å². The second-order valence-electron chi connectivity index (χ2n) is 13.5. The number of carbonyl (C=O) groups excluding carboxylic acids is 1. The number of carboxylic acid groups (broad SMARTS) is 1. The number of carboxylic acids is 1. The van der Waals surface area contributed by atoms with E-state index in [-0.39, 0.29) is 42.7 Å². The fourth-order valence-electron chi connectivity index (χ4n) is 6.45. The summed E-state index contributed by atoms with van der Waals surface area (Å²) in [7, 11) is 5.53. The zero-order chi connectivity index (χ0) is 52.5. The summed E-state index contributed by atoms with van der Waals surface area (Å²) in [5.41, 5.74) is -4.26. The van der Waals surface area contributed by atoms with Gasteiger partial charge in [-0.25, -0.2) is 28.4 Å². The van der Waals surface area contributed by atoms with Crippen LogP contribution in [0.5, 0.6) is 0 Å². The summed E-state index contributed by atoms with van der Waals surface area (Å²) < 4.78 is 125. The van der Waals surface area contributed by atoms with Crippen LogP contribution in [-0.4, -0.2) is 80.3 Å². The minimum atomic E-state index is -4.98. The highest BCUT2D eigenvalue weighted by atomic mass is 35.5. The van der Waals surface area contributed by atoms with Gasteiger partial charge >= 0.3 is 18.3 Å². The van der Waals surface area contributed by atoms with Crippen molar-refractivity contribution in [1.82, 2.24) is 40.7 Å². The number of aliphatic hydroxyl groups is 1. The molecule has 0 aliphatic heterocycles. The number of nitrogens with zero attached hydrogens (tertiary/aromatic N) is 6. The summed E-state index contributed by atoms with van der Waals surface area (Å²) >= 11 is 23.9. The Bertz CT molecular complexity index is 3130. The van der Waals surface area contributed by atoms with Crippen molar-refractivity contribution in [1.29, 1.82) is 0 Å². The van der Waals surface area contributed by atoms with Crippen molar-refractivity contribution in [3.8, 4) is 56.5 Å². The SMILES string of the molecule is CNC(=O)c1c(-c2c(F)cccc2Cl)noc1-c1cnn(-c2cccc(Cl)c2)c1C(F)(F)F.CNOC.CO.O=C(O)c1c(-c2c(F)cccc2Cl)noc1-c1cnn(-c2cccc(Cl)c2)c1C(F)(F)F. The molecule has 0 aliphatic carbocycles. The first-order valence-electron chi connectivity index (χ1n) is 19.4. The fraction of sp³-hybridized carbons (Fsp3) is 0.136. The standard InChI is InChI=1S/C21H12Cl2F4N4O2.C20H9Cl2F4N3O3.C2H7NO.CH4O/c1-28-20(32)16-17(15-13(23)6-3-7-14(15)24)30-33-18(16)12-9-29-31(19(12)21(25,26)27)11-5-2-4-10(22)8-11;21-9-3-1-4-10(7-9)29-18(20(24,25)26)11(8-27-29)17-15(19(30)31)16(28-32-17)14-12(22)5-2-6-13(14)23;1-3-4-2;1-2/h2-9H,1H3,(H,28,32);1-8H,(H,30,31);3H,1-2H3;2H,1H3. The number of alkyl halides is 6. The Hall–Kier alpha value is -6.86. The lowest BCUT2D eigenvalue weighted by atomic mass is 10.0. The first-order valence-corrected chi connectivity index (χ1v) is 21.0. The molecule has 15 nitrogen and oxygen atoms in total. The molecule has 0 saturated heterocycles. The molecule has 4 N–H and O–H groups in total. The molecule has 0 spiro atoms. The molecule has 27 heteroatoms. The maximum absolute atomic E-state index is 14.5. The third kappa shape index (κ3) is 12.0. The van der Waals surface area contributed by atoms with Gasteiger partial charge < -0.3 is 29.4 Å². The molecular formula is C44H32Cl4F8N8O7. The van der Waals surface area contributed by atoms with Crippen molar-refractivity contribution >= 4 is 58.3 Å². The molecule has 71 heavy (non-hydrogen) atoms. The molecule has 0 bridgehead atoms. The average Bonchev–Trinajstić information content (AvgIpc) is 4.14. The molecule has 0 fully saturated rings. The number of hydroxylamine groups is 1. The molecule has 0 saturated carbocycles. The number of aromatic nitrogens is 6. The molecule has 0 radical (unpaired) electrons. The topological polar surface area (TPSA) is 196 Å². The lowest BCUT2D eigenvalue weighted by molar-refractivity contribution is -0.143. The first-order chi connectivity index (χ1) is 33.6. The average molecular weight is 1080 g/mol. The number of hydrogen-bond acceptors (Lipinski definition) is 11. The zero-order valence-electron chi connectivity index (χ0n) is 36.4. The lowest BCUT2D eigenvalue weighted by Crippen LogP contribution is -2.20. The van der Waals surface area contributed by atoms with E-state index < -0.39 is 92.3 Å². The van der Waals surface area contributed by atoms with E-state index in [0.717, 1.165) is 31.6 Å². The molecule has 4 aromatic heterocycles. The number of rotatable bonds is 9. The molecule has 0 atom stereocenters. The molecule has 8 rings (SSSR count). The van der Waals surface area contributed by atoms with Gasteiger partial charge in [-0.1, -0.05) is 81.0 Å². The first kappa shape index (κ1) is 55.1. The third-order valence-electron chi connectivity index (χ3n) is 9.33. The maximum atomic E-state index is 14.5. The molecule has 4 heterocycles. The third-order valence-corrected chi connectivity index (χ3v) is 10.4. The minimum absolute atomic E-state index is 0.0233. The highest BCUT2D eigenvalue weighted by Crippen LogP contribution is 2.45. The Morgan fingerprint density at radius 1 is 0.648 bits per heavy atom. The van der Waals surface area contributed by atoms with Crippen molar-refractivity contribution in [2.75, 3.05) is 28.3 Å². The number of aromatic carboxylic acids is 1. The number of hydrogen-bond donors (Lipinski definition) is 4. The van der Waals surface area contributed by atoms with Gasteiger partial charge in [0, 0.05) is 31.3 Å². The number of halogens is 12. The van der Waals surface area contributed by atoms with Crippen LogP contribution >= 0.6 is 46.4 Å². The van der Waals surface area contributed by atoms with Gasteiger partial charge in [0.2, 0.25) is 0 Å². The Labute approximate surface area is 415 Å². The highest BCUT2D eigenvalue weighted by molar-refractivity contribution is 6.34. The van der Waals surface area contributed by atoms with Crippen molar-refractivity contribution in [3.05, 3.63) is 152 Å². The summed E-state index contributed by atoms with van der Waals surface area (Å²) in [6.45, 7) is 0. The zero-order valence-corrected chi connectivity index (χ0v) is 39.4. The van der Waals surface area contributed by atoms with Crippen LogP contribution in [-0.2, 0) is 17.2 Å². The lowest BCUT2D eigenvalue weighted by Gasteiger charge is -2.12. The van der Waals surface area contributed by atoms with Gasteiger partial charge in [0.15, 0.2) is 22.9 Å². The molecule has 4 aromatic carbocycles.